The fourth-order valence-corrected chi connectivity index (χ4v) is 4.07. The van der Waals surface area contributed by atoms with Gasteiger partial charge in [0.05, 0.1) is 0 Å². The van der Waals surface area contributed by atoms with Gasteiger partial charge in [-0.1, -0.05) is 20.8 Å². The Morgan fingerprint density at radius 2 is 1.93 bits per heavy atom. The van der Waals surface area contributed by atoms with Gasteiger partial charge in [-0.25, -0.2) is 0 Å². The van der Waals surface area contributed by atoms with Crippen molar-refractivity contribution in [1.82, 2.24) is 0 Å². The van der Waals surface area contributed by atoms with Crippen LogP contribution in [0, 0.1) is 0 Å². The third-order valence-electron chi connectivity index (χ3n) is 3.19. The lowest BCUT2D eigenvalue weighted by Crippen LogP contribution is -2.02. The lowest BCUT2D eigenvalue weighted by molar-refractivity contribution is 0.682. The zero-order valence-electron chi connectivity index (χ0n) is 9.52. The molecule has 1 heteroatoms. The molecule has 78 valence electrons. The molecule has 0 nitrogen and oxygen atoms in total. The molecule has 0 atom stereocenters. The van der Waals surface area contributed by atoms with Crippen molar-refractivity contribution in [2.75, 3.05) is 0 Å². The first-order valence-electron chi connectivity index (χ1n) is 5.87. The molecule has 0 bridgehead atoms. The van der Waals surface area contributed by atoms with Crippen LogP contribution >= 0.6 is 11.3 Å². The molecule has 0 amide bonds. The Morgan fingerprint density at radius 3 is 2.57 bits per heavy atom. The van der Waals surface area contributed by atoms with Gasteiger partial charge in [-0.15, -0.1) is 11.3 Å². The van der Waals surface area contributed by atoms with E-state index in [1.165, 1.54) is 32.1 Å². The highest BCUT2D eigenvalue weighted by molar-refractivity contribution is 7.12. The number of aryl methyl sites for hydroxylation is 2. The number of hydrogen-bond acceptors (Lipinski definition) is 1. The number of rotatable bonds is 2. The Labute approximate surface area is 91.4 Å². The van der Waals surface area contributed by atoms with Crippen LogP contribution < -0.4 is 0 Å². The monoisotopic (exact) mass is 208 g/mol. The molecule has 0 saturated carbocycles. The minimum atomic E-state index is 0.725. The van der Waals surface area contributed by atoms with Crippen molar-refractivity contribution in [3.05, 3.63) is 20.9 Å². The molecular formula is C13H20S. The van der Waals surface area contributed by atoms with Crippen LogP contribution in [-0.4, -0.2) is 0 Å². The van der Waals surface area contributed by atoms with Gasteiger partial charge in [-0.3, -0.25) is 0 Å². The molecule has 14 heavy (non-hydrogen) atoms. The zero-order chi connectivity index (χ0) is 10.1. The Hall–Kier alpha value is -0.300. The summed E-state index contributed by atoms with van der Waals surface area (Å²) in [6, 6.07) is 0. The Balaban J connectivity index is 2.48. The van der Waals surface area contributed by atoms with Crippen LogP contribution in [0.3, 0.4) is 0 Å². The summed E-state index contributed by atoms with van der Waals surface area (Å²) in [7, 11) is 0. The van der Waals surface area contributed by atoms with Crippen LogP contribution in [0.15, 0.2) is 0 Å². The van der Waals surface area contributed by atoms with Crippen molar-refractivity contribution >= 4 is 11.3 Å². The van der Waals surface area contributed by atoms with E-state index in [1.54, 1.807) is 20.9 Å². The molecule has 0 unspecified atom stereocenters. The first-order valence-corrected chi connectivity index (χ1v) is 6.69. The second kappa shape index (κ2) is 4.06. The molecule has 0 aromatic carbocycles. The number of fused-ring (bicyclic) bond motifs is 1. The summed E-state index contributed by atoms with van der Waals surface area (Å²) in [6.07, 6.45) is 6.74. The Kier molecular flexibility index (Phi) is 2.96. The molecule has 0 spiro atoms. The maximum atomic E-state index is 2.34. The van der Waals surface area contributed by atoms with E-state index in [4.69, 9.17) is 0 Å². The van der Waals surface area contributed by atoms with Gasteiger partial charge in [-0.05, 0) is 49.1 Å². The molecule has 0 aliphatic heterocycles. The second-order valence-corrected chi connectivity index (χ2v) is 5.75. The Bertz CT molecular complexity index is 320. The highest BCUT2D eigenvalue weighted by atomic mass is 32.1. The van der Waals surface area contributed by atoms with Crippen molar-refractivity contribution < 1.29 is 0 Å². The van der Waals surface area contributed by atoms with Gasteiger partial charge in [0.2, 0.25) is 0 Å². The second-order valence-electron chi connectivity index (χ2n) is 4.56. The zero-order valence-corrected chi connectivity index (χ0v) is 10.3. The van der Waals surface area contributed by atoms with Crippen LogP contribution in [-0.2, 0) is 19.3 Å². The first-order chi connectivity index (χ1) is 6.74. The molecule has 1 aromatic rings. The Morgan fingerprint density at radius 1 is 1.21 bits per heavy atom. The summed E-state index contributed by atoms with van der Waals surface area (Å²) in [5.41, 5.74) is 3.43. The third kappa shape index (κ3) is 1.63. The van der Waals surface area contributed by atoms with Crippen LogP contribution in [0.1, 0.15) is 60.4 Å². The smallest absolute Gasteiger partial charge is 0.00831 e. The predicted molar refractivity (Wildman–Crippen MR) is 64.4 cm³/mol. The van der Waals surface area contributed by atoms with Gasteiger partial charge >= 0.3 is 0 Å². The molecule has 1 aromatic heterocycles. The van der Waals surface area contributed by atoms with E-state index in [0.717, 1.165) is 5.92 Å². The van der Waals surface area contributed by atoms with Crippen molar-refractivity contribution in [3.63, 3.8) is 0 Å². The predicted octanol–water partition coefficient (Wildman–Crippen LogP) is 4.31. The average Bonchev–Trinajstić information content (AvgIpc) is 2.55. The van der Waals surface area contributed by atoms with Crippen molar-refractivity contribution in [1.29, 1.82) is 0 Å². The molecule has 1 aliphatic carbocycles. The van der Waals surface area contributed by atoms with Crippen molar-refractivity contribution in [2.45, 2.75) is 58.8 Å². The summed E-state index contributed by atoms with van der Waals surface area (Å²) in [4.78, 5) is 3.36. The fraction of sp³-hybridized carbons (Fsp3) is 0.692. The molecule has 0 fully saturated rings. The fourth-order valence-electron chi connectivity index (χ4n) is 2.58. The molecule has 0 saturated heterocycles. The van der Waals surface area contributed by atoms with E-state index in [1.807, 2.05) is 0 Å². The quantitative estimate of drug-likeness (QED) is 0.679. The minimum Gasteiger partial charge on any atom is -0.145 e. The summed E-state index contributed by atoms with van der Waals surface area (Å²) in [5, 5.41) is 0. The molecule has 0 radical (unpaired) electrons. The molecule has 2 rings (SSSR count). The summed E-state index contributed by atoms with van der Waals surface area (Å²) < 4.78 is 0. The summed E-state index contributed by atoms with van der Waals surface area (Å²) in [5.74, 6) is 0.725. The standard InChI is InChI=1S/C13H20S/c1-4-11-13(9(2)3)10-7-5-6-8-12(10)14-11/h9H,4-8H2,1-3H3. The van der Waals surface area contributed by atoms with Crippen LogP contribution in [0.5, 0.6) is 0 Å². The minimum absolute atomic E-state index is 0.725. The van der Waals surface area contributed by atoms with Gasteiger partial charge in [0, 0.05) is 9.75 Å². The van der Waals surface area contributed by atoms with E-state index in [0.29, 0.717) is 0 Å². The lowest BCUT2D eigenvalue weighted by Gasteiger charge is -2.15. The highest BCUT2D eigenvalue weighted by Crippen LogP contribution is 2.38. The van der Waals surface area contributed by atoms with Crippen molar-refractivity contribution in [2.24, 2.45) is 0 Å². The normalized spacial score (nSPS) is 16.0. The summed E-state index contributed by atoms with van der Waals surface area (Å²) in [6.45, 7) is 6.98. The van der Waals surface area contributed by atoms with Gasteiger partial charge in [0.15, 0.2) is 0 Å². The van der Waals surface area contributed by atoms with E-state index in [9.17, 15) is 0 Å². The van der Waals surface area contributed by atoms with E-state index >= 15 is 0 Å². The largest absolute Gasteiger partial charge is 0.145 e. The molecular weight excluding hydrogens is 188 g/mol. The van der Waals surface area contributed by atoms with Crippen LogP contribution in [0.2, 0.25) is 0 Å². The van der Waals surface area contributed by atoms with E-state index in [-0.39, 0.29) is 0 Å². The van der Waals surface area contributed by atoms with Crippen molar-refractivity contribution in [3.8, 4) is 0 Å². The SMILES string of the molecule is CCc1sc2c(c1C(C)C)CCCC2. The van der Waals surface area contributed by atoms with Crippen LogP contribution in [0.4, 0.5) is 0 Å². The van der Waals surface area contributed by atoms with Crippen LogP contribution in [0.25, 0.3) is 0 Å². The molecule has 1 heterocycles. The average molecular weight is 208 g/mol. The van der Waals surface area contributed by atoms with E-state index < -0.39 is 0 Å². The molecule has 0 N–H and O–H groups in total. The first kappa shape index (κ1) is 10.2. The number of thiophene rings is 1. The van der Waals surface area contributed by atoms with Gasteiger partial charge in [-0.2, -0.15) is 0 Å². The maximum absolute atomic E-state index is 2.34. The van der Waals surface area contributed by atoms with Gasteiger partial charge in [0.25, 0.3) is 0 Å². The van der Waals surface area contributed by atoms with Gasteiger partial charge < -0.3 is 0 Å². The third-order valence-corrected chi connectivity index (χ3v) is 4.64. The topological polar surface area (TPSA) is 0 Å². The lowest BCUT2D eigenvalue weighted by atomic mass is 9.89. The summed E-state index contributed by atoms with van der Waals surface area (Å²) >= 11 is 2.09. The van der Waals surface area contributed by atoms with Gasteiger partial charge in [0.1, 0.15) is 0 Å². The maximum Gasteiger partial charge on any atom is 0.00831 e. The number of hydrogen-bond donors (Lipinski definition) is 0. The van der Waals surface area contributed by atoms with E-state index in [2.05, 4.69) is 32.1 Å². The highest BCUT2D eigenvalue weighted by Gasteiger charge is 2.20. The molecule has 1 aliphatic rings.